The first kappa shape index (κ1) is 22.6. The lowest BCUT2D eigenvalue weighted by Crippen LogP contribution is -2.53. The first-order valence-corrected chi connectivity index (χ1v) is 12.8. The Kier molecular flexibility index (Phi) is 6.02. The van der Waals surface area contributed by atoms with E-state index in [1.54, 1.807) is 7.11 Å². The third kappa shape index (κ3) is 3.93. The van der Waals surface area contributed by atoms with Gasteiger partial charge in [-0.05, 0) is 60.8 Å². The molecule has 35 heavy (non-hydrogen) atoms. The van der Waals surface area contributed by atoms with Crippen LogP contribution in [0.5, 0.6) is 5.75 Å². The SMILES string of the molecule is COC(=O)[C@H]1[C@H]2C[C@H]3c4[nH]c5cccc(OC)c5c4CCN3C[C@H]2CC[C@H]1OCc1ccccc1. The molecule has 1 aliphatic carbocycles. The van der Waals surface area contributed by atoms with Crippen LogP contribution in [0.1, 0.15) is 42.1 Å². The van der Waals surface area contributed by atoms with Crippen molar-refractivity contribution in [2.75, 3.05) is 27.3 Å². The summed E-state index contributed by atoms with van der Waals surface area (Å²) in [5.41, 5.74) is 4.94. The van der Waals surface area contributed by atoms with Gasteiger partial charge >= 0.3 is 5.97 Å². The van der Waals surface area contributed by atoms with E-state index in [0.29, 0.717) is 12.5 Å². The summed E-state index contributed by atoms with van der Waals surface area (Å²) in [5, 5.41) is 1.21. The van der Waals surface area contributed by atoms with E-state index in [2.05, 4.69) is 28.1 Å². The number of rotatable bonds is 5. The highest BCUT2D eigenvalue weighted by Crippen LogP contribution is 2.50. The monoisotopic (exact) mass is 474 g/mol. The first-order valence-electron chi connectivity index (χ1n) is 12.8. The van der Waals surface area contributed by atoms with Crippen molar-refractivity contribution in [2.45, 2.75) is 44.4 Å². The number of esters is 1. The summed E-state index contributed by atoms with van der Waals surface area (Å²) >= 11 is 0. The molecule has 0 amide bonds. The number of aromatic nitrogens is 1. The van der Waals surface area contributed by atoms with Crippen LogP contribution in [0, 0.1) is 17.8 Å². The number of hydrogen-bond acceptors (Lipinski definition) is 5. The fraction of sp³-hybridized carbons (Fsp3) is 0.483. The molecule has 1 aromatic heterocycles. The number of nitrogens with one attached hydrogen (secondary N) is 1. The maximum Gasteiger partial charge on any atom is 0.311 e. The molecule has 6 rings (SSSR count). The number of ether oxygens (including phenoxy) is 3. The fourth-order valence-electron chi connectivity index (χ4n) is 6.99. The number of carbonyl (C=O) groups excluding carboxylic acids is 1. The lowest BCUT2D eigenvalue weighted by Gasteiger charge is -2.51. The second kappa shape index (κ2) is 9.32. The molecular weight excluding hydrogens is 440 g/mol. The van der Waals surface area contributed by atoms with Crippen LogP contribution in [0.15, 0.2) is 48.5 Å². The topological polar surface area (TPSA) is 63.8 Å². The van der Waals surface area contributed by atoms with Crippen LogP contribution >= 0.6 is 0 Å². The zero-order chi connectivity index (χ0) is 23.9. The van der Waals surface area contributed by atoms with Gasteiger partial charge in [-0.2, -0.15) is 0 Å². The van der Waals surface area contributed by atoms with Crippen LogP contribution < -0.4 is 4.74 Å². The van der Waals surface area contributed by atoms with Gasteiger partial charge in [0.15, 0.2) is 0 Å². The van der Waals surface area contributed by atoms with Crippen LogP contribution in [0.4, 0.5) is 0 Å². The van der Waals surface area contributed by atoms with Crippen molar-refractivity contribution in [1.82, 2.24) is 9.88 Å². The van der Waals surface area contributed by atoms with Gasteiger partial charge in [-0.3, -0.25) is 9.69 Å². The highest BCUT2D eigenvalue weighted by atomic mass is 16.5. The Hall–Kier alpha value is -2.83. The lowest BCUT2D eigenvalue weighted by atomic mass is 9.64. The van der Waals surface area contributed by atoms with Crippen molar-refractivity contribution in [3.8, 4) is 5.75 Å². The molecule has 2 fully saturated rings. The molecule has 0 bridgehead atoms. The summed E-state index contributed by atoms with van der Waals surface area (Å²) in [6.45, 7) is 2.60. The molecule has 5 atom stereocenters. The number of H-pyrrole nitrogens is 1. The van der Waals surface area contributed by atoms with Crippen molar-refractivity contribution in [1.29, 1.82) is 0 Å². The summed E-state index contributed by atoms with van der Waals surface area (Å²) in [6.07, 6.45) is 3.85. The van der Waals surface area contributed by atoms with Crippen LogP contribution in [-0.2, 0) is 27.3 Å². The van der Waals surface area contributed by atoms with Gasteiger partial charge in [0, 0.05) is 29.7 Å². The van der Waals surface area contributed by atoms with Gasteiger partial charge in [-0.15, -0.1) is 0 Å². The predicted molar refractivity (Wildman–Crippen MR) is 134 cm³/mol. The van der Waals surface area contributed by atoms with Crippen molar-refractivity contribution >= 4 is 16.9 Å². The van der Waals surface area contributed by atoms with Gasteiger partial charge < -0.3 is 19.2 Å². The Morgan fingerprint density at radius 2 is 1.94 bits per heavy atom. The van der Waals surface area contributed by atoms with E-state index >= 15 is 0 Å². The summed E-state index contributed by atoms with van der Waals surface area (Å²) in [7, 11) is 3.26. The number of benzene rings is 2. The zero-order valence-corrected chi connectivity index (χ0v) is 20.5. The Labute approximate surface area is 206 Å². The molecule has 0 spiro atoms. The maximum absolute atomic E-state index is 13.1. The van der Waals surface area contributed by atoms with Crippen LogP contribution in [0.25, 0.3) is 10.9 Å². The number of carbonyl (C=O) groups is 1. The van der Waals surface area contributed by atoms with Crippen molar-refractivity contribution in [3.63, 3.8) is 0 Å². The maximum atomic E-state index is 13.1. The molecule has 6 nitrogen and oxygen atoms in total. The minimum Gasteiger partial charge on any atom is -0.496 e. The Morgan fingerprint density at radius 3 is 2.74 bits per heavy atom. The van der Waals surface area contributed by atoms with Crippen LogP contribution in [-0.4, -0.2) is 49.3 Å². The molecule has 184 valence electrons. The minimum absolute atomic E-state index is 0.110. The summed E-state index contributed by atoms with van der Waals surface area (Å²) < 4.78 is 17.4. The summed E-state index contributed by atoms with van der Waals surface area (Å²) in [6, 6.07) is 16.7. The van der Waals surface area contributed by atoms with E-state index in [4.69, 9.17) is 14.2 Å². The Morgan fingerprint density at radius 1 is 1.09 bits per heavy atom. The van der Waals surface area contributed by atoms with E-state index < -0.39 is 0 Å². The Bertz CT molecular complexity index is 1210. The predicted octanol–water partition coefficient (Wildman–Crippen LogP) is 4.88. The van der Waals surface area contributed by atoms with Crippen LogP contribution in [0.3, 0.4) is 0 Å². The smallest absolute Gasteiger partial charge is 0.311 e. The summed E-state index contributed by atoms with van der Waals surface area (Å²) in [4.78, 5) is 19.5. The molecular formula is C29H34N2O4. The zero-order valence-electron chi connectivity index (χ0n) is 20.5. The van der Waals surface area contributed by atoms with Gasteiger partial charge in [0.25, 0.3) is 0 Å². The third-order valence-electron chi connectivity index (χ3n) is 8.60. The second-order valence-corrected chi connectivity index (χ2v) is 10.3. The number of nitrogens with zero attached hydrogens (tertiary/aromatic N) is 1. The molecule has 2 aliphatic heterocycles. The lowest BCUT2D eigenvalue weighted by molar-refractivity contribution is -0.165. The van der Waals surface area contributed by atoms with Crippen LogP contribution in [0.2, 0.25) is 0 Å². The van der Waals surface area contributed by atoms with E-state index in [-0.39, 0.29) is 30.0 Å². The molecule has 2 aromatic carbocycles. The second-order valence-electron chi connectivity index (χ2n) is 10.3. The van der Waals surface area contributed by atoms with E-state index in [9.17, 15) is 4.79 Å². The molecule has 1 N–H and O–H groups in total. The van der Waals surface area contributed by atoms with Crippen molar-refractivity contribution in [3.05, 3.63) is 65.4 Å². The fourth-order valence-corrected chi connectivity index (χ4v) is 6.99. The van der Waals surface area contributed by atoms with Gasteiger partial charge in [0.05, 0.1) is 38.9 Å². The quantitative estimate of drug-likeness (QED) is 0.534. The number of fused-ring (bicyclic) bond motifs is 6. The average molecular weight is 475 g/mol. The molecule has 3 aliphatic rings. The Balaban J connectivity index is 1.30. The van der Waals surface area contributed by atoms with Gasteiger partial charge in [0.2, 0.25) is 0 Å². The normalized spacial score (nSPS) is 28.1. The molecule has 3 aromatic rings. The van der Waals surface area contributed by atoms with E-state index in [1.807, 2.05) is 30.3 Å². The number of piperidine rings is 1. The molecule has 1 saturated heterocycles. The first-order chi connectivity index (χ1) is 17.2. The molecule has 0 unspecified atom stereocenters. The minimum atomic E-state index is -0.228. The molecule has 3 heterocycles. The average Bonchev–Trinajstić information content (AvgIpc) is 3.30. The highest BCUT2D eigenvalue weighted by molar-refractivity contribution is 5.91. The van der Waals surface area contributed by atoms with Crippen molar-refractivity contribution in [2.24, 2.45) is 17.8 Å². The number of methoxy groups -OCH3 is 2. The molecule has 1 saturated carbocycles. The standard InChI is InChI=1S/C29H34N2O4/c1-33-24-10-6-9-22-26(24)20-13-14-31-16-19-11-12-25(35-17-18-7-4-3-5-8-18)27(29(32)34-2)21(19)15-23(31)28(20)30-22/h3-10,19,21,23,25,27,30H,11-17H2,1-2H3/t19-,21+,23+,25-,27+/m1/s1. The molecule has 6 heteroatoms. The van der Waals surface area contributed by atoms with E-state index in [0.717, 1.165) is 55.6 Å². The highest BCUT2D eigenvalue weighted by Gasteiger charge is 2.50. The van der Waals surface area contributed by atoms with Gasteiger partial charge in [-0.1, -0.05) is 36.4 Å². The third-order valence-corrected chi connectivity index (χ3v) is 8.60. The summed E-state index contributed by atoms with van der Waals surface area (Å²) in [5.74, 6) is 1.32. The molecule has 0 radical (unpaired) electrons. The van der Waals surface area contributed by atoms with Gasteiger partial charge in [-0.25, -0.2) is 0 Å². The number of hydrogen-bond donors (Lipinski definition) is 1. The number of aromatic amines is 1. The van der Waals surface area contributed by atoms with Gasteiger partial charge in [0.1, 0.15) is 5.75 Å². The largest absolute Gasteiger partial charge is 0.496 e. The van der Waals surface area contributed by atoms with Crippen molar-refractivity contribution < 1.29 is 19.0 Å². The van der Waals surface area contributed by atoms with E-state index in [1.165, 1.54) is 23.8 Å².